The summed E-state index contributed by atoms with van der Waals surface area (Å²) >= 11 is 0. The number of alkyl halides is 3. The minimum atomic E-state index is -4.37. The second-order valence-corrected chi connectivity index (χ2v) is 9.71. The molecule has 2 aromatic rings. The summed E-state index contributed by atoms with van der Waals surface area (Å²) in [7, 11) is 0. The monoisotopic (exact) mass is 459 g/mol. The van der Waals surface area contributed by atoms with Crippen LogP contribution in [0.1, 0.15) is 74.6 Å². The van der Waals surface area contributed by atoms with Crippen LogP contribution >= 0.6 is 0 Å². The summed E-state index contributed by atoms with van der Waals surface area (Å²) in [6.07, 6.45) is 1.78. The molecule has 2 aromatic carbocycles. The van der Waals surface area contributed by atoms with Gasteiger partial charge >= 0.3 is 12.1 Å². The molecule has 0 spiro atoms. The Labute approximate surface area is 194 Å². The molecule has 1 aliphatic carbocycles. The average molecular weight is 460 g/mol. The normalized spacial score (nSPS) is 19.6. The smallest absolute Gasteiger partial charge is 0.416 e. The summed E-state index contributed by atoms with van der Waals surface area (Å²) in [6.45, 7) is 7.29. The molecule has 1 aliphatic rings. The highest BCUT2D eigenvalue weighted by Crippen LogP contribution is 2.34. The fourth-order valence-corrected chi connectivity index (χ4v) is 3.94. The van der Waals surface area contributed by atoms with Gasteiger partial charge in [-0.25, -0.2) is 4.79 Å². The molecule has 0 aliphatic heterocycles. The largest absolute Gasteiger partial charge is 0.459 e. The van der Waals surface area contributed by atoms with E-state index in [2.05, 4.69) is 50.4 Å². The summed E-state index contributed by atoms with van der Waals surface area (Å²) in [5, 5.41) is 3.49. The molecule has 33 heavy (non-hydrogen) atoms. The van der Waals surface area contributed by atoms with Crippen molar-refractivity contribution in [1.82, 2.24) is 5.32 Å². The molecule has 1 fully saturated rings. The maximum Gasteiger partial charge on any atom is 0.416 e. The Morgan fingerprint density at radius 1 is 0.970 bits per heavy atom. The van der Waals surface area contributed by atoms with Crippen molar-refractivity contribution in [1.29, 1.82) is 0 Å². The van der Waals surface area contributed by atoms with E-state index in [0.29, 0.717) is 11.5 Å². The average Bonchev–Trinajstić information content (AvgIpc) is 2.76. The van der Waals surface area contributed by atoms with E-state index in [1.807, 2.05) is 0 Å². The van der Waals surface area contributed by atoms with Crippen molar-refractivity contribution in [3.05, 3.63) is 76.9 Å². The van der Waals surface area contributed by atoms with E-state index in [4.69, 9.17) is 4.74 Å². The standard InChI is InChI=1S/C27H32F3NO2/c1-26(2,3)31-18-20-4-9-21(10-5-20)22-11-15-24(16-12-22)33-25(32)17-8-19-6-13-23(14-7-19)27(28,29)30/h4-10,13-14,17,22,24,31H,11-12,15-16,18H2,1-3H3/t22-,24-. The molecular weight excluding hydrogens is 427 g/mol. The van der Waals surface area contributed by atoms with Crippen LogP contribution in [0.5, 0.6) is 0 Å². The molecule has 0 bridgehead atoms. The van der Waals surface area contributed by atoms with Crippen molar-refractivity contribution < 1.29 is 22.7 Å². The number of esters is 1. The van der Waals surface area contributed by atoms with Crippen LogP contribution in [0.4, 0.5) is 13.2 Å². The van der Waals surface area contributed by atoms with Crippen molar-refractivity contribution in [3.63, 3.8) is 0 Å². The van der Waals surface area contributed by atoms with E-state index in [1.54, 1.807) is 0 Å². The van der Waals surface area contributed by atoms with Gasteiger partial charge in [-0.2, -0.15) is 13.2 Å². The number of ether oxygens (including phenoxy) is 1. The Bertz CT molecular complexity index is 933. The molecule has 0 saturated heterocycles. The van der Waals surface area contributed by atoms with E-state index in [9.17, 15) is 18.0 Å². The number of hydrogen-bond acceptors (Lipinski definition) is 3. The first-order valence-corrected chi connectivity index (χ1v) is 11.4. The van der Waals surface area contributed by atoms with Gasteiger partial charge in [0, 0.05) is 18.2 Å². The van der Waals surface area contributed by atoms with Gasteiger partial charge in [0.05, 0.1) is 5.56 Å². The molecule has 0 heterocycles. The second-order valence-electron chi connectivity index (χ2n) is 9.71. The minimum Gasteiger partial charge on any atom is -0.459 e. The summed E-state index contributed by atoms with van der Waals surface area (Å²) in [6, 6.07) is 13.4. The molecule has 178 valence electrons. The third-order valence-electron chi connectivity index (χ3n) is 5.88. The number of nitrogens with one attached hydrogen (secondary N) is 1. The fraction of sp³-hybridized carbons (Fsp3) is 0.444. The van der Waals surface area contributed by atoms with E-state index in [-0.39, 0.29) is 11.6 Å². The lowest BCUT2D eigenvalue weighted by Gasteiger charge is -2.28. The van der Waals surface area contributed by atoms with Crippen LogP contribution in [0.25, 0.3) is 6.08 Å². The Hall–Kier alpha value is -2.60. The predicted molar refractivity (Wildman–Crippen MR) is 125 cm³/mol. The Morgan fingerprint density at radius 2 is 1.58 bits per heavy atom. The van der Waals surface area contributed by atoms with Crippen molar-refractivity contribution in [3.8, 4) is 0 Å². The van der Waals surface area contributed by atoms with Crippen LogP contribution < -0.4 is 5.32 Å². The van der Waals surface area contributed by atoms with Crippen LogP contribution in [0.15, 0.2) is 54.6 Å². The maximum atomic E-state index is 12.6. The van der Waals surface area contributed by atoms with Crippen molar-refractivity contribution in [2.24, 2.45) is 0 Å². The van der Waals surface area contributed by atoms with E-state index in [1.165, 1.54) is 35.4 Å². The van der Waals surface area contributed by atoms with Crippen molar-refractivity contribution in [2.45, 2.75) is 76.7 Å². The lowest BCUT2D eigenvalue weighted by molar-refractivity contribution is -0.144. The minimum absolute atomic E-state index is 0.0847. The van der Waals surface area contributed by atoms with Crippen molar-refractivity contribution >= 4 is 12.0 Å². The summed E-state index contributed by atoms with van der Waals surface area (Å²) in [5.74, 6) is 0.00122. The Morgan fingerprint density at radius 3 is 2.12 bits per heavy atom. The molecule has 1 saturated carbocycles. The topological polar surface area (TPSA) is 38.3 Å². The van der Waals surface area contributed by atoms with E-state index < -0.39 is 17.7 Å². The lowest BCUT2D eigenvalue weighted by atomic mass is 9.82. The molecule has 0 atom stereocenters. The molecule has 0 unspecified atom stereocenters. The SMILES string of the molecule is CC(C)(C)NCc1ccc([C@H]2CC[C@H](OC(=O)C=Cc3ccc(C(F)(F)F)cc3)CC2)cc1. The Kier molecular flexibility index (Phi) is 8.01. The predicted octanol–water partition coefficient (Wildman–Crippen LogP) is 6.88. The van der Waals surface area contributed by atoms with Gasteiger partial charge in [0.15, 0.2) is 0 Å². The van der Waals surface area contributed by atoms with Gasteiger partial charge in [0.25, 0.3) is 0 Å². The van der Waals surface area contributed by atoms with Crippen LogP contribution in [-0.2, 0) is 22.3 Å². The zero-order chi connectivity index (χ0) is 24.1. The maximum absolute atomic E-state index is 12.6. The molecule has 0 amide bonds. The molecule has 1 N–H and O–H groups in total. The van der Waals surface area contributed by atoms with E-state index >= 15 is 0 Å². The first kappa shape index (κ1) is 25.0. The molecular formula is C27H32F3NO2. The third kappa shape index (κ3) is 8.04. The quantitative estimate of drug-likeness (QED) is 0.378. The van der Waals surface area contributed by atoms with Gasteiger partial charge in [-0.3, -0.25) is 0 Å². The number of carbonyl (C=O) groups is 1. The van der Waals surface area contributed by atoms with Gasteiger partial charge in [-0.15, -0.1) is 0 Å². The van der Waals surface area contributed by atoms with Crippen molar-refractivity contribution in [2.75, 3.05) is 0 Å². The summed E-state index contributed by atoms with van der Waals surface area (Å²) in [4.78, 5) is 12.1. The number of hydrogen-bond donors (Lipinski definition) is 1. The Balaban J connectivity index is 1.44. The third-order valence-corrected chi connectivity index (χ3v) is 5.88. The van der Waals surface area contributed by atoms with Gasteiger partial charge in [0.1, 0.15) is 6.10 Å². The second kappa shape index (κ2) is 10.6. The van der Waals surface area contributed by atoms with E-state index in [0.717, 1.165) is 44.4 Å². The fourth-order valence-electron chi connectivity index (χ4n) is 3.94. The van der Waals surface area contributed by atoms with Crippen LogP contribution in [0.2, 0.25) is 0 Å². The first-order chi connectivity index (χ1) is 15.5. The van der Waals surface area contributed by atoms with Gasteiger partial charge < -0.3 is 10.1 Å². The molecule has 3 nitrogen and oxygen atoms in total. The summed E-state index contributed by atoms with van der Waals surface area (Å²) < 4.78 is 43.4. The number of carbonyl (C=O) groups excluding carboxylic acids is 1. The highest BCUT2D eigenvalue weighted by atomic mass is 19.4. The van der Waals surface area contributed by atoms with Crippen LogP contribution in [0, 0.1) is 0 Å². The lowest BCUT2D eigenvalue weighted by Crippen LogP contribution is -2.35. The highest BCUT2D eigenvalue weighted by molar-refractivity contribution is 5.87. The number of benzene rings is 2. The molecule has 3 rings (SSSR count). The first-order valence-electron chi connectivity index (χ1n) is 11.4. The van der Waals surface area contributed by atoms with Crippen LogP contribution in [0.3, 0.4) is 0 Å². The van der Waals surface area contributed by atoms with Crippen LogP contribution in [-0.4, -0.2) is 17.6 Å². The number of halogens is 3. The van der Waals surface area contributed by atoms with Gasteiger partial charge in [-0.1, -0.05) is 36.4 Å². The zero-order valence-corrected chi connectivity index (χ0v) is 19.4. The molecule has 0 aromatic heterocycles. The molecule has 6 heteroatoms. The number of rotatable bonds is 6. The summed E-state index contributed by atoms with van der Waals surface area (Å²) in [5.41, 5.74) is 2.47. The van der Waals surface area contributed by atoms with Gasteiger partial charge in [-0.05, 0) is 87.3 Å². The molecule has 0 radical (unpaired) electrons. The van der Waals surface area contributed by atoms with Gasteiger partial charge in [0.2, 0.25) is 0 Å². The zero-order valence-electron chi connectivity index (χ0n) is 19.4. The highest BCUT2D eigenvalue weighted by Gasteiger charge is 2.30.